The molecule has 12 heteroatoms. The summed E-state index contributed by atoms with van der Waals surface area (Å²) in [5, 5.41) is 12.2. The SMILES string of the molecule is Cc1cc(F)c(NC(=O)N2CC[C@H](CC(F)(F)F)C2)cc1-c1cc(OC[C@@H](C)O)nc(N2CCOCC2)c1. The summed E-state index contributed by atoms with van der Waals surface area (Å²) in [4.78, 5) is 20.6. The lowest BCUT2D eigenvalue weighted by Crippen LogP contribution is -2.36. The molecule has 0 saturated carbocycles. The van der Waals surface area contributed by atoms with Gasteiger partial charge < -0.3 is 29.7 Å². The minimum absolute atomic E-state index is 0.0356. The third-order valence-corrected chi connectivity index (χ3v) is 6.56. The fourth-order valence-corrected chi connectivity index (χ4v) is 4.67. The molecule has 2 N–H and O–H groups in total. The van der Waals surface area contributed by atoms with Crippen LogP contribution in [0.25, 0.3) is 11.1 Å². The third-order valence-electron chi connectivity index (χ3n) is 6.56. The van der Waals surface area contributed by atoms with E-state index in [1.54, 1.807) is 19.9 Å². The normalized spacial score (nSPS) is 19.0. The van der Waals surface area contributed by atoms with E-state index in [1.807, 2.05) is 11.0 Å². The van der Waals surface area contributed by atoms with Crippen molar-refractivity contribution in [2.24, 2.45) is 5.92 Å². The molecule has 3 heterocycles. The molecule has 2 fully saturated rings. The van der Waals surface area contributed by atoms with Crippen LogP contribution < -0.4 is 15.0 Å². The van der Waals surface area contributed by atoms with Gasteiger partial charge in [0.1, 0.15) is 18.2 Å². The van der Waals surface area contributed by atoms with Gasteiger partial charge in [-0.05, 0) is 61.1 Å². The average Bonchev–Trinajstić information content (AvgIpc) is 3.31. The van der Waals surface area contributed by atoms with E-state index in [4.69, 9.17) is 9.47 Å². The molecule has 2 amide bonds. The van der Waals surface area contributed by atoms with Crippen molar-refractivity contribution in [3.63, 3.8) is 0 Å². The third kappa shape index (κ3) is 7.25. The molecule has 2 aliphatic heterocycles. The number of rotatable bonds is 7. The molecule has 0 aliphatic carbocycles. The Labute approximate surface area is 218 Å². The Morgan fingerprint density at radius 3 is 2.66 bits per heavy atom. The highest BCUT2D eigenvalue weighted by atomic mass is 19.4. The Morgan fingerprint density at radius 1 is 1.24 bits per heavy atom. The predicted octanol–water partition coefficient (Wildman–Crippen LogP) is 4.60. The molecule has 1 aromatic heterocycles. The number of aliphatic hydroxyl groups excluding tert-OH is 1. The summed E-state index contributed by atoms with van der Waals surface area (Å²) in [7, 11) is 0. The number of aromatic nitrogens is 1. The van der Waals surface area contributed by atoms with Crippen LogP contribution in [0.4, 0.5) is 33.9 Å². The number of aliphatic hydroxyl groups is 1. The lowest BCUT2D eigenvalue weighted by Gasteiger charge is -2.28. The van der Waals surface area contributed by atoms with Crippen molar-refractivity contribution in [1.29, 1.82) is 0 Å². The summed E-state index contributed by atoms with van der Waals surface area (Å²) in [5.41, 5.74) is 1.82. The number of anilines is 2. The Hall–Kier alpha value is -3.12. The van der Waals surface area contributed by atoms with Crippen LogP contribution in [0.2, 0.25) is 0 Å². The number of hydrogen-bond donors (Lipinski definition) is 2. The van der Waals surface area contributed by atoms with Crippen molar-refractivity contribution >= 4 is 17.5 Å². The summed E-state index contributed by atoms with van der Waals surface area (Å²) >= 11 is 0. The van der Waals surface area contributed by atoms with Crippen molar-refractivity contribution in [3.05, 3.63) is 35.6 Å². The Bertz CT molecular complexity index is 1140. The van der Waals surface area contributed by atoms with Crippen LogP contribution in [-0.2, 0) is 4.74 Å². The molecule has 38 heavy (non-hydrogen) atoms. The number of aryl methyl sites for hydroxylation is 1. The highest BCUT2D eigenvalue weighted by Gasteiger charge is 2.36. The van der Waals surface area contributed by atoms with Crippen molar-refractivity contribution in [3.8, 4) is 17.0 Å². The first-order chi connectivity index (χ1) is 18.0. The monoisotopic (exact) mass is 540 g/mol. The number of amides is 2. The number of halogens is 4. The molecule has 0 unspecified atom stereocenters. The van der Waals surface area contributed by atoms with Gasteiger partial charge in [0.15, 0.2) is 0 Å². The number of benzene rings is 1. The second-order valence-corrected chi connectivity index (χ2v) is 9.81. The minimum atomic E-state index is -4.29. The van der Waals surface area contributed by atoms with Gasteiger partial charge >= 0.3 is 12.2 Å². The van der Waals surface area contributed by atoms with Crippen LogP contribution >= 0.6 is 0 Å². The molecule has 2 aliphatic rings. The largest absolute Gasteiger partial charge is 0.475 e. The van der Waals surface area contributed by atoms with Crippen LogP contribution in [-0.4, -0.2) is 79.3 Å². The molecule has 2 aromatic rings. The zero-order valence-corrected chi connectivity index (χ0v) is 21.4. The number of nitrogens with zero attached hydrogens (tertiary/aromatic N) is 3. The fourth-order valence-electron chi connectivity index (χ4n) is 4.67. The van der Waals surface area contributed by atoms with E-state index in [1.165, 1.54) is 17.0 Å². The lowest BCUT2D eigenvalue weighted by atomic mass is 10.00. The number of nitrogens with one attached hydrogen (secondary N) is 1. The summed E-state index contributed by atoms with van der Waals surface area (Å²) in [6.07, 6.45) is -5.71. The fraction of sp³-hybridized carbons (Fsp3) is 0.538. The average molecular weight is 541 g/mol. The van der Waals surface area contributed by atoms with Crippen LogP contribution in [0.15, 0.2) is 24.3 Å². The first-order valence-corrected chi connectivity index (χ1v) is 12.6. The number of likely N-dealkylation sites (tertiary alicyclic amines) is 1. The van der Waals surface area contributed by atoms with Gasteiger partial charge in [-0.25, -0.2) is 9.18 Å². The quantitative estimate of drug-likeness (QED) is 0.500. The van der Waals surface area contributed by atoms with Crippen molar-refractivity contribution in [2.45, 2.75) is 39.0 Å². The smallest absolute Gasteiger partial charge is 0.389 e. The molecular weight excluding hydrogens is 508 g/mol. The second kappa shape index (κ2) is 11.7. The lowest BCUT2D eigenvalue weighted by molar-refractivity contribution is -0.143. The number of carbonyl (C=O) groups excluding carboxylic acids is 1. The zero-order chi connectivity index (χ0) is 27.4. The van der Waals surface area contributed by atoms with Crippen LogP contribution in [0.1, 0.15) is 25.3 Å². The van der Waals surface area contributed by atoms with Crippen LogP contribution in [0, 0.1) is 18.7 Å². The maximum absolute atomic E-state index is 14.9. The molecule has 0 bridgehead atoms. The van der Waals surface area contributed by atoms with Gasteiger partial charge in [-0.15, -0.1) is 0 Å². The van der Waals surface area contributed by atoms with E-state index < -0.39 is 36.5 Å². The Morgan fingerprint density at radius 2 is 1.97 bits per heavy atom. The number of alkyl halides is 3. The first-order valence-electron chi connectivity index (χ1n) is 12.6. The van der Waals surface area contributed by atoms with E-state index in [2.05, 4.69) is 10.3 Å². The van der Waals surface area contributed by atoms with Crippen LogP contribution in [0.3, 0.4) is 0 Å². The van der Waals surface area contributed by atoms with Gasteiger partial charge in [-0.2, -0.15) is 18.2 Å². The maximum atomic E-state index is 14.9. The van der Waals surface area contributed by atoms with Gasteiger partial charge in [-0.3, -0.25) is 0 Å². The van der Waals surface area contributed by atoms with E-state index in [0.717, 1.165) is 0 Å². The van der Waals surface area contributed by atoms with E-state index >= 15 is 0 Å². The Kier molecular flexibility index (Phi) is 8.61. The summed E-state index contributed by atoms with van der Waals surface area (Å²) in [6.45, 7) is 5.84. The summed E-state index contributed by atoms with van der Waals surface area (Å²) in [6, 6.07) is 5.68. The zero-order valence-electron chi connectivity index (χ0n) is 21.4. The van der Waals surface area contributed by atoms with Crippen molar-refractivity contribution in [2.75, 3.05) is 56.2 Å². The van der Waals surface area contributed by atoms with Gasteiger partial charge in [0.25, 0.3) is 0 Å². The van der Waals surface area contributed by atoms with Crippen molar-refractivity contribution in [1.82, 2.24) is 9.88 Å². The molecule has 0 spiro atoms. The standard InChI is InChI=1S/C26H32F4N4O4/c1-16-9-21(27)22(31-25(36)34-4-3-18(14-34)13-26(28,29)30)12-20(16)19-10-23(33-5-7-37-8-6-33)32-24(11-19)38-15-17(2)35/h9-12,17-18,35H,3-8,13-15H2,1-2H3,(H,31,36)/t17-,18-/m1/s1. The molecule has 8 nitrogen and oxygen atoms in total. The van der Waals surface area contributed by atoms with Crippen LogP contribution in [0.5, 0.6) is 5.88 Å². The number of morpholine rings is 1. The molecule has 1 aromatic carbocycles. The summed E-state index contributed by atoms with van der Waals surface area (Å²) < 4.78 is 64.2. The van der Waals surface area contributed by atoms with Crippen molar-refractivity contribution < 1.29 is 36.9 Å². The molecular formula is C26H32F4N4O4. The topological polar surface area (TPSA) is 87.2 Å². The molecule has 208 valence electrons. The van der Waals surface area contributed by atoms with Gasteiger partial charge in [-0.1, -0.05) is 0 Å². The van der Waals surface area contributed by atoms with E-state index in [9.17, 15) is 27.5 Å². The highest BCUT2D eigenvalue weighted by molar-refractivity contribution is 5.91. The number of carbonyl (C=O) groups is 1. The number of ether oxygens (including phenoxy) is 2. The first kappa shape index (κ1) is 27.9. The maximum Gasteiger partial charge on any atom is 0.389 e. The van der Waals surface area contributed by atoms with Gasteiger partial charge in [0.05, 0.1) is 25.0 Å². The van der Waals surface area contributed by atoms with E-state index in [-0.39, 0.29) is 37.7 Å². The number of hydrogen-bond acceptors (Lipinski definition) is 6. The number of urea groups is 1. The molecule has 0 radical (unpaired) electrons. The number of pyridine rings is 1. The van der Waals surface area contributed by atoms with Gasteiger partial charge in [0, 0.05) is 38.7 Å². The predicted molar refractivity (Wildman–Crippen MR) is 134 cm³/mol. The van der Waals surface area contributed by atoms with Gasteiger partial charge in [0.2, 0.25) is 5.88 Å². The highest BCUT2D eigenvalue weighted by Crippen LogP contribution is 2.34. The molecule has 2 saturated heterocycles. The molecule has 4 rings (SSSR count). The van der Waals surface area contributed by atoms with E-state index in [0.29, 0.717) is 48.8 Å². The summed E-state index contributed by atoms with van der Waals surface area (Å²) in [5.74, 6) is -0.409. The Balaban J connectivity index is 1.59. The second-order valence-electron chi connectivity index (χ2n) is 9.81. The molecule has 2 atom stereocenters. The minimum Gasteiger partial charge on any atom is -0.475 e.